The molecule has 3 N–H and O–H groups in total. The van der Waals surface area contributed by atoms with Gasteiger partial charge in [-0.25, -0.2) is 0 Å². The Labute approximate surface area is 92.6 Å². The minimum atomic E-state index is -0.197. The maximum Gasteiger partial charge on any atom is 0.220 e. The summed E-state index contributed by atoms with van der Waals surface area (Å²) in [5.41, 5.74) is 5.26. The van der Waals surface area contributed by atoms with Crippen molar-refractivity contribution in [2.24, 2.45) is 5.73 Å². The van der Waals surface area contributed by atoms with Crippen LogP contribution in [0.4, 0.5) is 0 Å². The van der Waals surface area contributed by atoms with Crippen molar-refractivity contribution in [2.45, 2.75) is 45.6 Å². The molecule has 0 unspecified atom stereocenters. The molecule has 15 heavy (non-hydrogen) atoms. The van der Waals surface area contributed by atoms with Crippen LogP contribution in [0.5, 0.6) is 0 Å². The zero-order valence-electron chi connectivity index (χ0n) is 10.1. The van der Waals surface area contributed by atoms with Crippen molar-refractivity contribution < 1.29 is 9.53 Å². The highest BCUT2D eigenvalue weighted by Gasteiger charge is 2.18. The number of nitrogens with one attached hydrogen (secondary N) is 1. The van der Waals surface area contributed by atoms with E-state index >= 15 is 0 Å². The van der Waals surface area contributed by atoms with Gasteiger partial charge >= 0.3 is 0 Å². The van der Waals surface area contributed by atoms with Crippen molar-refractivity contribution in [3.63, 3.8) is 0 Å². The predicted molar refractivity (Wildman–Crippen MR) is 61.6 cm³/mol. The average Bonchev–Trinajstić information content (AvgIpc) is 2.11. The van der Waals surface area contributed by atoms with Crippen LogP contribution in [0.3, 0.4) is 0 Å². The molecule has 0 saturated carbocycles. The van der Waals surface area contributed by atoms with Gasteiger partial charge < -0.3 is 15.8 Å². The van der Waals surface area contributed by atoms with Crippen molar-refractivity contribution in [1.29, 1.82) is 0 Å². The Balaban J connectivity index is 3.63. The highest BCUT2D eigenvalue weighted by molar-refractivity contribution is 5.76. The minimum Gasteiger partial charge on any atom is -0.382 e. The topological polar surface area (TPSA) is 64.3 Å². The smallest absolute Gasteiger partial charge is 0.220 e. The number of hydrogen-bond donors (Lipinski definition) is 2. The normalized spacial score (nSPS) is 11.5. The van der Waals surface area contributed by atoms with E-state index in [1.165, 1.54) is 0 Å². The van der Waals surface area contributed by atoms with E-state index in [4.69, 9.17) is 10.5 Å². The largest absolute Gasteiger partial charge is 0.382 e. The molecule has 0 aromatic heterocycles. The molecule has 0 atom stereocenters. The first kappa shape index (κ1) is 14.4. The molecule has 1 amide bonds. The minimum absolute atomic E-state index is 0.0770. The number of rotatable bonds is 8. The molecule has 0 aromatic carbocycles. The number of ether oxygens (including phenoxy) is 1. The molecule has 0 spiro atoms. The molecule has 0 aliphatic carbocycles. The molecule has 0 rings (SSSR count). The summed E-state index contributed by atoms with van der Waals surface area (Å²) >= 11 is 0. The van der Waals surface area contributed by atoms with Gasteiger partial charge in [-0.2, -0.15) is 0 Å². The van der Waals surface area contributed by atoms with E-state index < -0.39 is 0 Å². The van der Waals surface area contributed by atoms with Gasteiger partial charge in [-0.05, 0) is 40.2 Å². The first-order chi connectivity index (χ1) is 7.02. The summed E-state index contributed by atoms with van der Waals surface area (Å²) in [7, 11) is 0. The van der Waals surface area contributed by atoms with E-state index in [0.717, 1.165) is 12.8 Å². The second-order valence-corrected chi connectivity index (χ2v) is 4.27. The van der Waals surface area contributed by atoms with E-state index in [9.17, 15) is 4.79 Å². The van der Waals surface area contributed by atoms with Gasteiger partial charge in [0.15, 0.2) is 0 Å². The molecule has 0 saturated heterocycles. The zero-order valence-corrected chi connectivity index (χ0v) is 10.1. The van der Waals surface area contributed by atoms with E-state index in [0.29, 0.717) is 26.2 Å². The van der Waals surface area contributed by atoms with Crippen LogP contribution in [-0.4, -0.2) is 31.2 Å². The fourth-order valence-corrected chi connectivity index (χ4v) is 1.34. The molecule has 0 aliphatic rings. The van der Waals surface area contributed by atoms with Crippen molar-refractivity contribution in [3.05, 3.63) is 0 Å². The molecule has 90 valence electrons. The van der Waals surface area contributed by atoms with Gasteiger partial charge in [0.2, 0.25) is 5.91 Å². The summed E-state index contributed by atoms with van der Waals surface area (Å²) in [4.78, 5) is 11.5. The van der Waals surface area contributed by atoms with Crippen LogP contribution in [0.15, 0.2) is 0 Å². The van der Waals surface area contributed by atoms with Gasteiger partial charge in [0.25, 0.3) is 0 Å². The highest BCUT2D eigenvalue weighted by atomic mass is 16.5. The molecule has 0 aromatic rings. The molecule has 4 nitrogen and oxygen atoms in total. The first-order valence-electron chi connectivity index (χ1n) is 5.60. The molecule has 4 heteroatoms. The van der Waals surface area contributed by atoms with E-state index in [-0.39, 0.29) is 11.4 Å². The lowest BCUT2D eigenvalue weighted by Gasteiger charge is -2.25. The number of carbonyl (C=O) groups excluding carboxylic acids is 1. The lowest BCUT2D eigenvalue weighted by atomic mass is 10.0. The Hall–Kier alpha value is -0.610. The molecular weight excluding hydrogens is 192 g/mol. The summed E-state index contributed by atoms with van der Waals surface area (Å²) in [5.74, 6) is 0.0770. The van der Waals surface area contributed by atoms with Gasteiger partial charge in [-0.15, -0.1) is 0 Å². The third-order valence-corrected chi connectivity index (χ3v) is 2.14. The first-order valence-corrected chi connectivity index (χ1v) is 5.60. The van der Waals surface area contributed by atoms with E-state index in [1.807, 2.05) is 20.8 Å². The Morgan fingerprint density at radius 2 is 2.13 bits per heavy atom. The van der Waals surface area contributed by atoms with Crippen molar-refractivity contribution >= 4 is 5.91 Å². The van der Waals surface area contributed by atoms with Crippen LogP contribution >= 0.6 is 0 Å². The zero-order chi connectivity index (χ0) is 11.7. The Morgan fingerprint density at radius 1 is 1.47 bits per heavy atom. The Kier molecular flexibility index (Phi) is 7.34. The molecule has 0 radical (unpaired) electrons. The fraction of sp³-hybridized carbons (Fsp3) is 0.909. The summed E-state index contributed by atoms with van der Waals surface area (Å²) < 4.78 is 5.16. The lowest BCUT2D eigenvalue weighted by molar-refractivity contribution is -0.123. The summed E-state index contributed by atoms with van der Waals surface area (Å²) in [5, 5.41) is 2.96. The van der Waals surface area contributed by atoms with Crippen LogP contribution in [-0.2, 0) is 9.53 Å². The van der Waals surface area contributed by atoms with Gasteiger partial charge in [-0.3, -0.25) is 4.79 Å². The van der Waals surface area contributed by atoms with Crippen LogP contribution in [0.2, 0.25) is 0 Å². The Bertz CT molecular complexity index is 181. The fourth-order valence-electron chi connectivity index (χ4n) is 1.34. The van der Waals surface area contributed by atoms with Crippen LogP contribution in [0.25, 0.3) is 0 Å². The highest BCUT2D eigenvalue weighted by Crippen LogP contribution is 2.07. The van der Waals surface area contributed by atoms with Gasteiger partial charge in [0.1, 0.15) is 0 Å². The van der Waals surface area contributed by atoms with Crippen molar-refractivity contribution in [3.8, 4) is 0 Å². The second kappa shape index (κ2) is 7.65. The molecule has 0 bridgehead atoms. The summed E-state index contributed by atoms with van der Waals surface area (Å²) in [6.45, 7) is 7.87. The molecule has 0 heterocycles. The van der Waals surface area contributed by atoms with Crippen LogP contribution in [0.1, 0.15) is 40.0 Å². The van der Waals surface area contributed by atoms with E-state index in [1.54, 1.807) is 0 Å². The quantitative estimate of drug-likeness (QED) is 0.596. The second-order valence-electron chi connectivity index (χ2n) is 4.27. The predicted octanol–water partition coefficient (Wildman–Crippen LogP) is 1.05. The van der Waals surface area contributed by atoms with E-state index in [2.05, 4.69) is 5.32 Å². The maximum absolute atomic E-state index is 11.5. The maximum atomic E-state index is 11.5. The lowest BCUT2D eigenvalue weighted by Crippen LogP contribution is -2.44. The Morgan fingerprint density at radius 3 is 2.67 bits per heavy atom. The SMILES string of the molecule is CCOCCCC(=O)NC(C)(C)CCN. The van der Waals surface area contributed by atoms with Crippen molar-refractivity contribution in [2.75, 3.05) is 19.8 Å². The van der Waals surface area contributed by atoms with Gasteiger partial charge in [0, 0.05) is 25.2 Å². The van der Waals surface area contributed by atoms with Crippen molar-refractivity contribution in [1.82, 2.24) is 5.32 Å². The number of carbonyl (C=O) groups is 1. The van der Waals surface area contributed by atoms with Gasteiger partial charge in [-0.1, -0.05) is 0 Å². The number of nitrogens with two attached hydrogens (primary N) is 1. The van der Waals surface area contributed by atoms with Crippen LogP contribution < -0.4 is 11.1 Å². The van der Waals surface area contributed by atoms with Crippen LogP contribution in [0, 0.1) is 0 Å². The monoisotopic (exact) mass is 216 g/mol. The van der Waals surface area contributed by atoms with Gasteiger partial charge in [0.05, 0.1) is 0 Å². The summed E-state index contributed by atoms with van der Waals surface area (Å²) in [6, 6.07) is 0. The molecule has 0 fully saturated rings. The average molecular weight is 216 g/mol. The number of hydrogen-bond acceptors (Lipinski definition) is 3. The molecular formula is C11H24N2O2. The third-order valence-electron chi connectivity index (χ3n) is 2.14. The summed E-state index contributed by atoms with van der Waals surface area (Å²) in [6.07, 6.45) is 2.09. The number of amides is 1. The standard InChI is InChI=1S/C11H24N2O2/c1-4-15-9-5-6-10(14)13-11(2,3)7-8-12/h4-9,12H2,1-3H3,(H,13,14). The third kappa shape index (κ3) is 8.39. The molecule has 0 aliphatic heterocycles.